The van der Waals surface area contributed by atoms with Crippen LogP contribution in [0.2, 0.25) is 10.0 Å². The Hall–Kier alpha value is -2.77. The van der Waals surface area contributed by atoms with Crippen molar-refractivity contribution in [1.82, 2.24) is 9.97 Å². The minimum absolute atomic E-state index is 0.162. The Labute approximate surface area is 165 Å². The molecule has 0 saturated carbocycles. The van der Waals surface area contributed by atoms with Crippen molar-refractivity contribution in [1.29, 1.82) is 0 Å². The van der Waals surface area contributed by atoms with Crippen LogP contribution in [-0.4, -0.2) is 22.0 Å². The van der Waals surface area contributed by atoms with Crippen LogP contribution in [0, 0.1) is 0 Å². The lowest BCUT2D eigenvalue weighted by molar-refractivity contribution is -0.114. The fourth-order valence-electron chi connectivity index (χ4n) is 2.44. The number of carbonyl (C=O) groups is 2. The van der Waals surface area contributed by atoms with Gasteiger partial charge in [0, 0.05) is 18.3 Å². The van der Waals surface area contributed by atoms with Crippen molar-refractivity contribution in [2.24, 2.45) is 0 Å². The number of nitrogens with zero attached hydrogens (tertiary/aromatic N) is 1. The summed E-state index contributed by atoms with van der Waals surface area (Å²) in [6.45, 7) is 3.13. The molecular formula is C18H16Cl2N4O3. The molecule has 0 spiro atoms. The number of anilines is 2. The quantitative estimate of drug-likeness (QED) is 0.558. The van der Waals surface area contributed by atoms with Crippen molar-refractivity contribution in [3.05, 3.63) is 52.3 Å². The van der Waals surface area contributed by atoms with Gasteiger partial charge in [-0.05, 0) is 43.3 Å². The maximum Gasteiger partial charge on any atom is 0.412 e. The fourth-order valence-corrected chi connectivity index (χ4v) is 2.74. The third-order valence-electron chi connectivity index (χ3n) is 3.66. The van der Waals surface area contributed by atoms with E-state index in [9.17, 15) is 9.59 Å². The van der Waals surface area contributed by atoms with Crippen LogP contribution in [0.5, 0.6) is 0 Å². The number of carbonyl (C=O) groups excluding carboxylic acids is 2. The van der Waals surface area contributed by atoms with Gasteiger partial charge in [-0.25, -0.2) is 9.78 Å². The first-order chi connectivity index (χ1) is 12.8. The number of ether oxygens (including phenoxy) is 1. The number of imidazole rings is 1. The number of aromatic amines is 1. The predicted molar refractivity (Wildman–Crippen MR) is 105 cm³/mol. The van der Waals surface area contributed by atoms with Gasteiger partial charge in [-0.3, -0.25) is 10.1 Å². The second-order valence-corrected chi connectivity index (χ2v) is 6.65. The maximum atomic E-state index is 12.1. The number of amides is 2. The summed E-state index contributed by atoms with van der Waals surface area (Å²) in [7, 11) is 0. The van der Waals surface area contributed by atoms with E-state index in [0.717, 1.165) is 5.52 Å². The lowest BCUT2D eigenvalue weighted by Gasteiger charge is -2.12. The molecule has 1 aromatic heterocycles. The van der Waals surface area contributed by atoms with E-state index < -0.39 is 12.2 Å². The minimum atomic E-state index is -0.653. The zero-order valence-corrected chi connectivity index (χ0v) is 16.0. The number of benzene rings is 2. The van der Waals surface area contributed by atoms with Crippen LogP contribution in [-0.2, 0) is 9.53 Å². The van der Waals surface area contributed by atoms with E-state index in [2.05, 4.69) is 20.6 Å². The summed E-state index contributed by atoms with van der Waals surface area (Å²) >= 11 is 11.8. The van der Waals surface area contributed by atoms with Gasteiger partial charge in [-0.2, -0.15) is 0 Å². The molecule has 1 atom stereocenters. The summed E-state index contributed by atoms with van der Waals surface area (Å²) in [6, 6.07) is 10.00. The van der Waals surface area contributed by atoms with Gasteiger partial charge < -0.3 is 15.0 Å². The molecule has 0 fully saturated rings. The van der Waals surface area contributed by atoms with Gasteiger partial charge in [0.25, 0.3) is 0 Å². The second kappa shape index (κ2) is 7.85. The van der Waals surface area contributed by atoms with Gasteiger partial charge in [0.1, 0.15) is 5.82 Å². The number of aromatic nitrogens is 2. The lowest BCUT2D eigenvalue weighted by Crippen LogP contribution is -2.16. The SMILES string of the molecule is CC(=O)Nc1ccc2nc([C@H](C)OC(=O)Nc3ccc(Cl)c(Cl)c3)[nH]c2c1. The molecule has 1 heterocycles. The first-order valence-corrected chi connectivity index (χ1v) is 8.77. The molecular weight excluding hydrogens is 391 g/mol. The topological polar surface area (TPSA) is 96.1 Å². The molecule has 2 aromatic carbocycles. The molecule has 140 valence electrons. The minimum Gasteiger partial charge on any atom is -0.438 e. The van der Waals surface area contributed by atoms with Crippen molar-refractivity contribution in [3.8, 4) is 0 Å². The molecule has 3 N–H and O–H groups in total. The first kappa shape index (κ1) is 19.0. The molecule has 0 aliphatic rings. The van der Waals surface area contributed by atoms with Crippen LogP contribution in [0.15, 0.2) is 36.4 Å². The number of hydrogen-bond acceptors (Lipinski definition) is 4. The number of fused-ring (bicyclic) bond motifs is 1. The summed E-state index contributed by atoms with van der Waals surface area (Å²) in [5.74, 6) is 0.319. The highest BCUT2D eigenvalue weighted by molar-refractivity contribution is 6.42. The van der Waals surface area contributed by atoms with E-state index >= 15 is 0 Å². The van der Waals surface area contributed by atoms with E-state index in [1.807, 2.05) is 0 Å². The van der Waals surface area contributed by atoms with Crippen LogP contribution in [0.1, 0.15) is 25.8 Å². The number of nitrogens with one attached hydrogen (secondary N) is 3. The molecule has 0 aliphatic carbocycles. The van der Waals surface area contributed by atoms with Gasteiger partial charge in [0.05, 0.1) is 21.1 Å². The Bertz CT molecular complexity index is 1020. The summed E-state index contributed by atoms with van der Waals surface area (Å²) in [6.07, 6.45) is -1.27. The van der Waals surface area contributed by atoms with Crippen molar-refractivity contribution in [2.45, 2.75) is 20.0 Å². The monoisotopic (exact) mass is 406 g/mol. The maximum absolute atomic E-state index is 12.1. The Balaban J connectivity index is 1.69. The molecule has 0 aliphatic heterocycles. The summed E-state index contributed by atoms with van der Waals surface area (Å²) in [5.41, 5.74) is 2.53. The Kier molecular flexibility index (Phi) is 5.53. The molecule has 27 heavy (non-hydrogen) atoms. The zero-order chi connectivity index (χ0) is 19.6. The van der Waals surface area contributed by atoms with Gasteiger partial charge in [-0.15, -0.1) is 0 Å². The van der Waals surface area contributed by atoms with E-state index in [0.29, 0.717) is 32.8 Å². The van der Waals surface area contributed by atoms with Crippen molar-refractivity contribution in [3.63, 3.8) is 0 Å². The van der Waals surface area contributed by atoms with E-state index in [-0.39, 0.29) is 5.91 Å². The first-order valence-electron chi connectivity index (χ1n) is 8.02. The van der Waals surface area contributed by atoms with Crippen molar-refractivity contribution < 1.29 is 14.3 Å². The third kappa shape index (κ3) is 4.69. The van der Waals surface area contributed by atoms with Gasteiger partial charge in [0.2, 0.25) is 5.91 Å². The van der Waals surface area contributed by atoms with Gasteiger partial charge >= 0.3 is 6.09 Å². The van der Waals surface area contributed by atoms with Crippen LogP contribution < -0.4 is 10.6 Å². The standard InChI is InChI=1S/C18H16Cl2N4O3/c1-9(27-18(26)22-11-3-5-13(19)14(20)7-11)17-23-15-6-4-12(21-10(2)25)8-16(15)24-17/h3-9H,1-2H3,(H,21,25)(H,22,26)(H,23,24)/t9-/m0/s1. The molecule has 0 unspecified atom stereocenters. The Morgan fingerprint density at radius 2 is 1.78 bits per heavy atom. The average molecular weight is 407 g/mol. The van der Waals surface area contributed by atoms with Crippen LogP contribution in [0.4, 0.5) is 16.2 Å². The Morgan fingerprint density at radius 1 is 1.07 bits per heavy atom. The molecule has 9 heteroatoms. The zero-order valence-electron chi connectivity index (χ0n) is 14.5. The predicted octanol–water partition coefficient (Wildman–Crippen LogP) is 5.14. The Morgan fingerprint density at radius 3 is 2.48 bits per heavy atom. The highest BCUT2D eigenvalue weighted by Crippen LogP contribution is 2.26. The van der Waals surface area contributed by atoms with E-state index in [1.165, 1.54) is 13.0 Å². The van der Waals surface area contributed by atoms with Crippen LogP contribution >= 0.6 is 23.2 Å². The van der Waals surface area contributed by atoms with Crippen molar-refractivity contribution in [2.75, 3.05) is 10.6 Å². The third-order valence-corrected chi connectivity index (χ3v) is 4.39. The van der Waals surface area contributed by atoms with E-state index in [1.54, 1.807) is 37.3 Å². The van der Waals surface area contributed by atoms with Crippen LogP contribution in [0.3, 0.4) is 0 Å². The normalized spacial score (nSPS) is 11.9. The second-order valence-electron chi connectivity index (χ2n) is 5.84. The van der Waals surface area contributed by atoms with Gasteiger partial charge in [-0.1, -0.05) is 23.2 Å². The average Bonchev–Trinajstić information content (AvgIpc) is 3.01. The number of halogens is 2. The summed E-state index contributed by atoms with van der Waals surface area (Å²) in [5, 5.41) is 6.00. The molecule has 3 aromatic rings. The number of rotatable bonds is 4. The molecule has 3 rings (SSSR count). The molecule has 7 nitrogen and oxygen atoms in total. The summed E-state index contributed by atoms with van der Waals surface area (Å²) < 4.78 is 5.35. The number of H-pyrrole nitrogens is 1. The fraction of sp³-hybridized carbons (Fsp3) is 0.167. The molecule has 0 bridgehead atoms. The van der Waals surface area contributed by atoms with Crippen LogP contribution in [0.25, 0.3) is 11.0 Å². The smallest absolute Gasteiger partial charge is 0.412 e. The highest BCUT2D eigenvalue weighted by Gasteiger charge is 2.16. The van der Waals surface area contributed by atoms with Crippen molar-refractivity contribution >= 4 is 57.6 Å². The molecule has 0 saturated heterocycles. The summed E-state index contributed by atoms with van der Waals surface area (Å²) in [4.78, 5) is 30.7. The number of hydrogen-bond donors (Lipinski definition) is 3. The lowest BCUT2D eigenvalue weighted by atomic mass is 10.3. The molecule has 0 radical (unpaired) electrons. The van der Waals surface area contributed by atoms with E-state index in [4.69, 9.17) is 27.9 Å². The van der Waals surface area contributed by atoms with Gasteiger partial charge in [0.15, 0.2) is 6.10 Å². The highest BCUT2D eigenvalue weighted by atomic mass is 35.5. The molecule has 2 amide bonds. The largest absolute Gasteiger partial charge is 0.438 e.